The predicted octanol–water partition coefficient (Wildman–Crippen LogP) is 4.65. The summed E-state index contributed by atoms with van der Waals surface area (Å²) >= 11 is 12.3. The van der Waals surface area contributed by atoms with Crippen molar-refractivity contribution in [2.24, 2.45) is 5.92 Å². The Labute approximate surface area is 146 Å². The second-order valence-electron chi connectivity index (χ2n) is 6.08. The molecule has 0 bridgehead atoms. The zero-order valence-electron chi connectivity index (χ0n) is 13.7. The fourth-order valence-corrected chi connectivity index (χ4v) is 2.93. The van der Waals surface area contributed by atoms with Gasteiger partial charge in [-0.2, -0.15) is 5.10 Å². The van der Waals surface area contributed by atoms with Gasteiger partial charge in [0.25, 0.3) is 5.91 Å². The van der Waals surface area contributed by atoms with Crippen LogP contribution in [-0.2, 0) is 6.54 Å². The Balaban J connectivity index is 2.19. The number of nitrogens with one attached hydrogen (secondary N) is 1. The lowest BCUT2D eigenvalue weighted by Gasteiger charge is -2.14. The van der Waals surface area contributed by atoms with Crippen LogP contribution in [0.3, 0.4) is 0 Å². The Morgan fingerprint density at radius 2 is 2.00 bits per heavy atom. The molecule has 1 N–H and O–H groups in total. The molecule has 4 nitrogen and oxygen atoms in total. The summed E-state index contributed by atoms with van der Waals surface area (Å²) in [4.78, 5) is 12.6. The zero-order valence-corrected chi connectivity index (χ0v) is 15.2. The molecule has 0 saturated carbocycles. The highest BCUT2D eigenvalue weighted by Crippen LogP contribution is 2.23. The van der Waals surface area contributed by atoms with Crippen molar-refractivity contribution in [1.82, 2.24) is 15.1 Å². The summed E-state index contributed by atoms with van der Waals surface area (Å²) in [5.74, 6) is 0.170. The molecule has 2 aromatic rings. The van der Waals surface area contributed by atoms with Crippen LogP contribution in [0.15, 0.2) is 24.3 Å². The third kappa shape index (κ3) is 4.27. The van der Waals surface area contributed by atoms with Crippen LogP contribution in [0.1, 0.15) is 48.4 Å². The molecule has 0 saturated heterocycles. The second-order valence-corrected chi connectivity index (χ2v) is 6.87. The van der Waals surface area contributed by atoms with Crippen LogP contribution in [0.2, 0.25) is 10.2 Å². The maximum Gasteiger partial charge on any atom is 0.256 e. The normalized spacial score (nSPS) is 12.5. The number of halogens is 2. The lowest BCUT2D eigenvalue weighted by atomic mass is 10.1. The third-order valence-electron chi connectivity index (χ3n) is 3.53. The lowest BCUT2D eigenvalue weighted by Crippen LogP contribution is -2.27. The zero-order chi connectivity index (χ0) is 17.1. The number of amides is 1. The second kappa shape index (κ2) is 7.37. The number of hydrogen-bond acceptors (Lipinski definition) is 2. The maximum absolute atomic E-state index is 12.6. The lowest BCUT2D eigenvalue weighted by molar-refractivity contribution is 0.0939. The number of nitrogens with zero attached hydrogens (tertiary/aromatic N) is 2. The SMILES string of the molecule is Cc1nn(CC(C)C)c(Cl)c1C(=O)N[C@H](C)c1cccc(Cl)c1. The molecular formula is C17H21Cl2N3O. The van der Waals surface area contributed by atoms with E-state index >= 15 is 0 Å². The van der Waals surface area contributed by atoms with Crippen molar-refractivity contribution in [3.05, 3.63) is 51.3 Å². The number of aromatic nitrogens is 2. The van der Waals surface area contributed by atoms with Gasteiger partial charge in [0.05, 0.1) is 17.3 Å². The summed E-state index contributed by atoms with van der Waals surface area (Å²) in [5, 5.41) is 8.34. The molecule has 0 radical (unpaired) electrons. The monoisotopic (exact) mass is 353 g/mol. The van der Waals surface area contributed by atoms with E-state index in [1.54, 1.807) is 17.7 Å². The first-order valence-corrected chi connectivity index (χ1v) is 8.34. The number of aryl methyl sites for hydroxylation is 1. The third-order valence-corrected chi connectivity index (χ3v) is 4.15. The van der Waals surface area contributed by atoms with Gasteiger partial charge in [-0.05, 0) is 37.5 Å². The fourth-order valence-electron chi connectivity index (χ4n) is 2.41. The molecule has 0 aliphatic rings. The summed E-state index contributed by atoms with van der Waals surface area (Å²) in [6.07, 6.45) is 0. The van der Waals surface area contributed by atoms with Crippen molar-refractivity contribution >= 4 is 29.1 Å². The molecule has 0 fully saturated rings. The average Bonchev–Trinajstić information content (AvgIpc) is 2.72. The highest BCUT2D eigenvalue weighted by atomic mass is 35.5. The minimum Gasteiger partial charge on any atom is -0.345 e. The van der Waals surface area contributed by atoms with Crippen molar-refractivity contribution in [2.45, 2.75) is 40.3 Å². The van der Waals surface area contributed by atoms with Crippen LogP contribution in [0, 0.1) is 12.8 Å². The van der Waals surface area contributed by atoms with Gasteiger partial charge in [0.15, 0.2) is 0 Å². The molecule has 124 valence electrons. The summed E-state index contributed by atoms with van der Waals surface area (Å²) in [6, 6.07) is 7.25. The van der Waals surface area contributed by atoms with Gasteiger partial charge in [-0.25, -0.2) is 0 Å². The van der Waals surface area contributed by atoms with E-state index in [0.29, 0.717) is 33.9 Å². The first kappa shape index (κ1) is 17.8. The van der Waals surface area contributed by atoms with E-state index in [9.17, 15) is 4.79 Å². The van der Waals surface area contributed by atoms with Crippen molar-refractivity contribution in [2.75, 3.05) is 0 Å². The molecule has 0 unspecified atom stereocenters. The Hall–Kier alpha value is -1.52. The molecule has 1 aromatic heterocycles. The minimum absolute atomic E-state index is 0.176. The molecule has 1 amide bonds. The standard InChI is InChI=1S/C17H21Cl2N3O/c1-10(2)9-22-16(19)15(12(4)21-22)17(23)20-11(3)13-6-5-7-14(18)8-13/h5-8,10-11H,9H2,1-4H3,(H,20,23)/t11-/m1/s1. The minimum atomic E-state index is -0.227. The topological polar surface area (TPSA) is 46.9 Å². The Kier molecular flexibility index (Phi) is 5.71. The molecule has 1 heterocycles. The fraction of sp³-hybridized carbons (Fsp3) is 0.412. The van der Waals surface area contributed by atoms with E-state index in [-0.39, 0.29) is 11.9 Å². The van der Waals surface area contributed by atoms with Gasteiger partial charge in [0.2, 0.25) is 0 Å². The van der Waals surface area contributed by atoms with Gasteiger partial charge >= 0.3 is 0 Å². The first-order chi connectivity index (χ1) is 10.8. The number of rotatable bonds is 5. The van der Waals surface area contributed by atoms with Crippen LogP contribution in [0.4, 0.5) is 0 Å². The van der Waals surface area contributed by atoms with Gasteiger partial charge in [-0.3, -0.25) is 9.48 Å². The van der Waals surface area contributed by atoms with E-state index in [1.807, 2.05) is 25.1 Å². The quantitative estimate of drug-likeness (QED) is 0.850. The smallest absolute Gasteiger partial charge is 0.256 e. The van der Waals surface area contributed by atoms with Crippen LogP contribution < -0.4 is 5.32 Å². The van der Waals surface area contributed by atoms with Crippen molar-refractivity contribution in [1.29, 1.82) is 0 Å². The molecule has 6 heteroatoms. The van der Waals surface area contributed by atoms with E-state index in [4.69, 9.17) is 23.2 Å². The number of carbonyl (C=O) groups is 1. The summed E-state index contributed by atoms with van der Waals surface area (Å²) in [7, 11) is 0. The summed E-state index contributed by atoms with van der Waals surface area (Å²) < 4.78 is 1.68. The molecule has 0 aliphatic carbocycles. The molecule has 1 aromatic carbocycles. The number of benzene rings is 1. The Morgan fingerprint density at radius 1 is 1.30 bits per heavy atom. The van der Waals surface area contributed by atoms with Crippen LogP contribution >= 0.6 is 23.2 Å². The molecular weight excluding hydrogens is 333 g/mol. The Bertz CT molecular complexity index is 710. The highest BCUT2D eigenvalue weighted by molar-refractivity contribution is 6.33. The predicted molar refractivity (Wildman–Crippen MR) is 94.1 cm³/mol. The van der Waals surface area contributed by atoms with Crippen LogP contribution in [-0.4, -0.2) is 15.7 Å². The molecule has 0 aliphatic heterocycles. The summed E-state index contributed by atoms with van der Waals surface area (Å²) in [5.41, 5.74) is 2.00. The van der Waals surface area contributed by atoms with Crippen molar-refractivity contribution < 1.29 is 4.79 Å². The maximum atomic E-state index is 12.6. The Morgan fingerprint density at radius 3 is 2.61 bits per heavy atom. The van der Waals surface area contributed by atoms with E-state index in [2.05, 4.69) is 24.3 Å². The number of hydrogen-bond donors (Lipinski definition) is 1. The molecule has 23 heavy (non-hydrogen) atoms. The van der Waals surface area contributed by atoms with E-state index in [0.717, 1.165) is 5.56 Å². The molecule has 2 rings (SSSR count). The van der Waals surface area contributed by atoms with Gasteiger partial charge in [-0.1, -0.05) is 49.2 Å². The summed E-state index contributed by atoms with van der Waals surface area (Å²) in [6.45, 7) is 8.53. The van der Waals surface area contributed by atoms with Gasteiger partial charge < -0.3 is 5.32 Å². The molecule has 1 atom stereocenters. The average molecular weight is 354 g/mol. The van der Waals surface area contributed by atoms with E-state index in [1.165, 1.54) is 0 Å². The van der Waals surface area contributed by atoms with Gasteiger partial charge in [0, 0.05) is 11.6 Å². The van der Waals surface area contributed by atoms with Crippen molar-refractivity contribution in [3.63, 3.8) is 0 Å². The van der Waals surface area contributed by atoms with E-state index < -0.39 is 0 Å². The van der Waals surface area contributed by atoms with Crippen LogP contribution in [0.5, 0.6) is 0 Å². The highest BCUT2D eigenvalue weighted by Gasteiger charge is 2.22. The molecule has 0 spiro atoms. The van der Waals surface area contributed by atoms with Gasteiger partial charge in [0.1, 0.15) is 5.15 Å². The van der Waals surface area contributed by atoms with Crippen molar-refractivity contribution in [3.8, 4) is 0 Å². The number of carbonyl (C=O) groups excluding carboxylic acids is 1. The van der Waals surface area contributed by atoms with Gasteiger partial charge in [-0.15, -0.1) is 0 Å². The van der Waals surface area contributed by atoms with Crippen LogP contribution in [0.25, 0.3) is 0 Å². The first-order valence-electron chi connectivity index (χ1n) is 7.58. The largest absolute Gasteiger partial charge is 0.345 e.